The second-order valence-corrected chi connectivity index (χ2v) is 6.81. The first kappa shape index (κ1) is 22.7. The molecule has 0 bridgehead atoms. The van der Waals surface area contributed by atoms with Crippen molar-refractivity contribution < 1.29 is 27.8 Å². The van der Waals surface area contributed by atoms with Crippen LogP contribution in [0.25, 0.3) is 0 Å². The summed E-state index contributed by atoms with van der Waals surface area (Å²) >= 11 is 0. The van der Waals surface area contributed by atoms with Crippen LogP contribution in [0.2, 0.25) is 0 Å². The molecule has 0 radical (unpaired) electrons. The molecule has 0 saturated heterocycles. The van der Waals surface area contributed by atoms with E-state index < -0.39 is 23.6 Å². The molecule has 0 aliphatic rings. The van der Waals surface area contributed by atoms with Crippen molar-refractivity contribution in [2.45, 2.75) is 20.0 Å². The highest BCUT2D eigenvalue weighted by Gasteiger charge is 2.16. The summed E-state index contributed by atoms with van der Waals surface area (Å²) in [7, 11) is 0. The zero-order valence-electron chi connectivity index (χ0n) is 17.5. The van der Waals surface area contributed by atoms with E-state index in [-0.39, 0.29) is 11.7 Å². The molecule has 2 N–H and O–H groups in total. The fraction of sp³-hybridized carbons (Fsp3) is 0.167. The SMILES string of the molecule is CCOc1ccc(NC(=O)c2ccc(NC(=O)C(C)Oc3ccc(F)c(F)c3)cc2)cc1. The second kappa shape index (κ2) is 10.4. The maximum absolute atomic E-state index is 13.3. The van der Waals surface area contributed by atoms with E-state index >= 15 is 0 Å². The highest BCUT2D eigenvalue weighted by molar-refractivity contribution is 6.04. The maximum atomic E-state index is 13.3. The van der Waals surface area contributed by atoms with Gasteiger partial charge >= 0.3 is 0 Å². The summed E-state index contributed by atoms with van der Waals surface area (Å²) < 4.78 is 37.0. The predicted molar refractivity (Wildman–Crippen MR) is 117 cm³/mol. The van der Waals surface area contributed by atoms with E-state index in [4.69, 9.17) is 9.47 Å². The van der Waals surface area contributed by atoms with Crippen LogP contribution < -0.4 is 20.1 Å². The minimum Gasteiger partial charge on any atom is -0.494 e. The Morgan fingerprint density at radius 3 is 2.06 bits per heavy atom. The fourth-order valence-corrected chi connectivity index (χ4v) is 2.76. The number of amides is 2. The number of carbonyl (C=O) groups is 2. The molecule has 8 heteroatoms. The quantitative estimate of drug-likeness (QED) is 0.516. The fourth-order valence-electron chi connectivity index (χ4n) is 2.76. The van der Waals surface area contributed by atoms with E-state index in [0.29, 0.717) is 29.3 Å². The molecule has 2 amide bonds. The van der Waals surface area contributed by atoms with Crippen LogP contribution in [0.5, 0.6) is 11.5 Å². The Morgan fingerprint density at radius 1 is 0.844 bits per heavy atom. The van der Waals surface area contributed by atoms with E-state index in [1.54, 1.807) is 48.5 Å². The summed E-state index contributed by atoms with van der Waals surface area (Å²) in [6, 6.07) is 16.3. The molecule has 0 heterocycles. The summed E-state index contributed by atoms with van der Waals surface area (Å²) in [6.45, 7) is 3.93. The van der Waals surface area contributed by atoms with Crippen LogP contribution in [0.15, 0.2) is 66.7 Å². The molecule has 1 unspecified atom stereocenters. The minimum atomic E-state index is -1.06. The lowest BCUT2D eigenvalue weighted by Crippen LogP contribution is -2.30. The van der Waals surface area contributed by atoms with E-state index in [1.165, 1.54) is 13.0 Å². The molecule has 166 valence electrons. The summed E-state index contributed by atoms with van der Waals surface area (Å²) in [6.07, 6.45) is -0.956. The third-order valence-corrected chi connectivity index (χ3v) is 4.41. The largest absolute Gasteiger partial charge is 0.494 e. The standard InChI is InChI=1S/C24H22F2N2O4/c1-3-31-19-10-8-18(9-11-19)28-24(30)16-4-6-17(7-5-16)27-23(29)15(2)32-20-12-13-21(25)22(26)14-20/h4-15H,3H2,1-2H3,(H,27,29)(H,28,30). The van der Waals surface area contributed by atoms with Crippen LogP contribution in [0.3, 0.4) is 0 Å². The van der Waals surface area contributed by atoms with Crippen molar-refractivity contribution in [2.24, 2.45) is 0 Å². The van der Waals surface area contributed by atoms with Crippen LogP contribution >= 0.6 is 0 Å². The van der Waals surface area contributed by atoms with Gasteiger partial charge in [-0.2, -0.15) is 0 Å². The average molecular weight is 440 g/mol. The minimum absolute atomic E-state index is 0.0351. The number of ether oxygens (including phenoxy) is 2. The van der Waals surface area contributed by atoms with Gasteiger partial charge in [0.2, 0.25) is 0 Å². The number of nitrogens with one attached hydrogen (secondary N) is 2. The van der Waals surface area contributed by atoms with Gasteiger partial charge < -0.3 is 20.1 Å². The van der Waals surface area contributed by atoms with E-state index in [1.807, 2.05) is 6.92 Å². The number of rotatable bonds is 8. The van der Waals surface area contributed by atoms with Crippen molar-refractivity contribution in [3.8, 4) is 11.5 Å². The topological polar surface area (TPSA) is 76.7 Å². The lowest BCUT2D eigenvalue weighted by atomic mass is 10.2. The number of anilines is 2. The number of halogens is 2. The molecule has 1 atom stereocenters. The van der Waals surface area contributed by atoms with Crippen LogP contribution in [-0.4, -0.2) is 24.5 Å². The lowest BCUT2D eigenvalue weighted by molar-refractivity contribution is -0.122. The average Bonchev–Trinajstić information content (AvgIpc) is 2.78. The highest BCUT2D eigenvalue weighted by Crippen LogP contribution is 2.19. The third-order valence-electron chi connectivity index (χ3n) is 4.41. The molecule has 0 saturated carbocycles. The van der Waals surface area contributed by atoms with Crippen molar-refractivity contribution in [1.82, 2.24) is 0 Å². The zero-order valence-corrected chi connectivity index (χ0v) is 17.5. The van der Waals surface area contributed by atoms with Gasteiger partial charge in [0, 0.05) is 23.0 Å². The van der Waals surface area contributed by atoms with Crippen molar-refractivity contribution in [2.75, 3.05) is 17.2 Å². The van der Waals surface area contributed by atoms with Gasteiger partial charge in [-0.3, -0.25) is 9.59 Å². The van der Waals surface area contributed by atoms with Gasteiger partial charge in [0.25, 0.3) is 11.8 Å². The Balaban J connectivity index is 1.55. The molecule has 3 aromatic rings. The molecule has 0 aliphatic carbocycles. The maximum Gasteiger partial charge on any atom is 0.265 e. The molecule has 0 fully saturated rings. The molecule has 6 nitrogen and oxygen atoms in total. The smallest absolute Gasteiger partial charge is 0.265 e. The number of hydrogen-bond acceptors (Lipinski definition) is 4. The van der Waals surface area contributed by atoms with Crippen molar-refractivity contribution in [1.29, 1.82) is 0 Å². The van der Waals surface area contributed by atoms with Gasteiger partial charge in [-0.1, -0.05) is 0 Å². The number of benzene rings is 3. The van der Waals surface area contributed by atoms with Gasteiger partial charge in [-0.25, -0.2) is 8.78 Å². The number of carbonyl (C=O) groups excluding carboxylic acids is 2. The zero-order chi connectivity index (χ0) is 23.1. The third kappa shape index (κ3) is 6.04. The van der Waals surface area contributed by atoms with Gasteiger partial charge in [0.15, 0.2) is 17.7 Å². The van der Waals surface area contributed by atoms with Crippen molar-refractivity contribution >= 4 is 23.2 Å². The summed E-state index contributed by atoms with van der Waals surface area (Å²) in [5.41, 5.74) is 1.48. The summed E-state index contributed by atoms with van der Waals surface area (Å²) in [4.78, 5) is 24.7. The molecule has 32 heavy (non-hydrogen) atoms. The summed E-state index contributed by atoms with van der Waals surface area (Å²) in [5, 5.41) is 5.43. The summed E-state index contributed by atoms with van der Waals surface area (Å²) in [5.74, 6) is -2.10. The second-order valence-electron chi connectivity index (χ2n) is 6.81. The molecule has 3 aromatic carbocycles. The van der Waals surface area contributed by atoms with E-state index in [9.17, 15) is 18.4 Å². The Morgan fingerprint density at radius 2 is 1.44 bits per heavy atom. The molecule has 0 spiro atoms. The molecule has 0 aliphatic heterocycles. The van der Waals surface area contributed by atoms with Crippen LogP contribution in [-0.2, 0) is 4.79 Å². The monoisotopic (exact) mass is 440 g/mol. The van der Waals surface area contributed by atoms with E-state index in [2.05, 4.69) is 10.6 Å². The molecular formula is C24H22F2N2O4. The first-order valence-corrected chi connectivity index (χ1v) is 9.92. The Kier molecular flexibility index (Phi) is 7.38. The molecule has 0 aromatic heterocycles. The van der Waals surface area contributed by atoms with Gasteiger partial charge in [0.1, 0.15) is 11.5 Å². The van der Waals surface area contributed by atoms with Crippen LogP contribution in [0.4, 0.5) is 20.2 Å². The number of hydrogen-bond donors (Lipinski definition) is 2. The lowest BCUT2D eigenvalue weighted by Gasteiger charge is -2.15. The highest BCUT2D eigenvalue weighted by atomic mass is 19.2. The normalized spacial score (nSPS) is 11.4. The Hall–Kier alpha value is -3.94. The van der Waals surface area contributed by atoms with Crippen molar-refractivity contribution in [3.05, 3.63) is 83.9 Å². The molecular weight excluding hydrogens is 418 g/mol. The van der Waals surface area contributed by atoms with Crippen LogP contribution in [0, 0.1) is 11.6 Å². The van der Waals surface area contributed by atoms with Crippen molar-refractivity contribution in [3.63, 3.8) is 0 Å². The predicted octanol–water partition coefficient (Wildman–Crippen LogP) is 5.02. The first-order valence-electron chi connectivity index (χ1n) is 9.92. The van der Waals surface area contributed by atoms with E-state index in [0.717, 1.165) is 12.1 Å². The first-order chi connectivity index (χ1) is 15.4. The van der Waals surface area contributed by atoms with Gasteiger partial charge in [-0.05, 0) is 74.5 Å². The van der Waals surface area contributed by atoms with Gasteiger partial charge in [0.05, 0.1) is 6.61 Å². The molecule has 3 rings (SSSR count). The van der Waals surface area contributed by atoms with Crippen LogP contribution in [0.1, 0.15) is 24.2 Å². The Labute approximate surface area is 184 Å². The van der Waals surface area contributed by atoms with Gasteiger partial charge in [-0.15, -0.1) is 0 Å². The Bertz CT molecular complexity index is 1090.